The number of rotatable bonds is 2. The summed E-state index contributed by atoms with van der Waals surface area (Å²) in [4.78, 5) is 15.1. The highest BCUT2D eigenvalue weighted by Gasteiger charge is 2.26. The maximum atomic E-state index is 6.37. The Balaban J connectivity index is 1.50. The number of para-hydroxylation sites is 2. The second kappa shape index (κ2) is 7.52. The molecule has 0 atom stereocenters. The lowest BCUT2D eigenvalue weighted by Crippen LogP contribution is -2.04. The van der Waals surface area contributed by atoms with E-state index >= 15 is 0 Å². The first-order valence-corrected chi connectivity index (χ1v) is 12.8. The van der Waals surface area contributed by atoms with Gasteiger partial charge in [0.2, 0.25) is 5.95 Å². The SMILES string of the molecule is c1ccc(-c2nc(-n3c4c5ccccc5oc4c4oc5ccccc5c43)nc3ccc4ccccc4c23)nc1. The van der Waals surface area contributed by atoms with Crippen molar-refractivity contribution in [3.63, 3.8) is 0 Å². The molecule has 0 aliphatic rings. The molecule has 0 bridgehead atoms. The van der Waals surface area contributed by atoms with Crippen LogP contribution in [0.2, 0.25) is 0 Å². The van der Waals surface area contributed by atoms with Crippen molar-refractivity contribution in [3.05, 3.63) is 109 Å². The lowest BCUT2D eigenvalue weighted by Gasteiger charge is -2.12. The number of hydrogen-bond donors (Lipinski definition) is 0. The van der Waals surface area contributed by atoms with Gasteiger partial charge in [0.25, 0.3) is 0 Å². The molecule has 39 heavy (non-hydrogen) atoms. The number of furan rings is 2. The molecular formula is C33H18N4O2. The molecule has 0 saturated carbocycles. The van der Waals surface area contributed by atoms with Gasteiger partial charge in [-0.1, -0.05) is 60.7 Å². The molecule has 4 aromatic carbocycles. The van der Waals surface area contributed by atoms with Crippen molar-refractivity contribution >= 4 is 65.8 Å². The first-order valence-electron chi connectivity index (χ1n) is 12.8. The Hall–Kier alpha value is -5.49. The van der Waals surface area contributed by atoms with Gasteiger partial charge in [-0.15, -0.1) is 0 Å². The Bertz CT molecular complexity index is 2310. The van der Waals surface area contributed by atoms with Crippen LogP contribution in [0.4, 0.5) is 0 Å². The lowest BCUT2D eigenvalue weighted by molar-refractivity contribution is 0.634. The summed E-state index contributed by atoms with van der Waals surface area (Å²) >= 11 is 0. The van der Waals surface area contributed by atoms with Crippen LogP contribution in [0, 0.1) is 0 Å². The fraction of sp³-hybridized carbons (Fsp3) is 0. The summed E-state index contributed by atoms with van der Waals surface area (Å²) in [7, 11) is 0. The van der Waals surface area contributed by atoms with Crippen molar-refractivity contribution in [2.45, 2.75) is 0 Å². The highest BCUT2D eigenvalue weighted by molar-refractivity contribution is 6.20. The minimum Gasteiger partial charge on any atom is -0.450 e. The fourth-order valence-electron chi connectivity index (χ4n) is 5.81. The van der Waals surface area contributed by atoms with Crippen molar-refractivity contribution in [2.75, 3.05) is 0 Å². The molecule has 0 aliphatic heterocycles. The van der Waals surface area contributed by atoms with Gasteiger partial charge in [-0.3, -0.25) is 9.55 Å². The van der Waals surface area contributed by atoms with E-state index in [-0.39, 0.29) is 0 Å². The van der Waals surface area contributed by atoms with Crippen LogP contribution < -0.4 is 0 Å². The first-order chi connectivity index (χ1) is 19.3. The molecule has 0 spiro atoms. The van der Waals surface area contributed by atoms with Gasteiger partial charge in [0.15, 0.2) is 11.2 Å². The van der Waals surface area contributed by atoms with Gasteiger partial charge < -0.3 is 8.83 Å². The van der Waals surface area contributed by atoms with E-state index in [0.29, 0.717) is 17.1 Å². The van der Waals surface area contributed by atoms with Crippen LogP contribution >= 0.6 is 0 Å². The van der Waals surface area contributed by atoms with Gasteiger partial charge in [-0.05, 0) is 53.2 Å². The summed E-state index contributed by atoms with van der Waals surface area (Å²) in [6.07, 6.45) is 1.80. The van der Waals surface area contributed by atoms with E-state index in [0.717, 1.165) is 66.0 Å². The van der Waals surface area contributed by atoms with Crippen LogP contribution in [0.5, 0.6) is 0 Å². The fourth-order valence-corrected chi connectivity index (χ4v) is 5.81. The van der Waals surface area contributed by atoms with Gasteiger partial charge in [0.05, 0.1) is 11.2 Å². The molecule has 0 unspecified atom stereocenters. The van der Waals surface area contributed by atoms with Gasteiger partial charge in [-0.2, -0.15) is 0 Å². The van der Waals surface area contributed by atoms with Crippen LogP contribution in [-0.4, -0.2) is 19.5 Å². The van der Waals surface area contributed by atoms with Gasteiger partial charge in [-0.25, -0.2) is 9.97 Å². The molecule has 0 saturated heterocycles. The molecule has 0 fully saturated rings. The number of pyridine rings is 1. The molecule has 0 amide bonds. The second-order valence-electron chi connectivity index (χ2n) is 9.66. The molecule has 0 radical (unpaired) electrons. The zero-order valence-corrected chi connectivity index (χ0v) is 20.5. The predicted octanol–water partition coefficient (Wildman–Crippen LogP) is 8.43. The molecular weight excluding hydrogens is 484 g/mol. The average molecular weight is 503 g/mol. The molecule has 182 valence electrons. The van der Waals surface area contributed by atoms with E-state index in [2.05, 4.69) is 41.0 Å². The first kappa shape index (κ1) is 20.6. The molecule has 6 nitrogen and oxygen atoms in total. The summed E-state index contributed by atoms with van der Waals surface area (Å²) < 4.78 is 14.8. The largest absolute Gasteiger partial charge is 0.450 e. The molecule has 9 aromatic rings. The lowest BCUT2D eigenvalue weighted by atomic mass is 10.0. The third kappa shape index (κ3) is 2.77. The molecule has 0 aliphatic carbocycles. The summed E-state index contributed by atoms with van der Waals surface area (Å²) in [5.74, 6) is 0.538. The minimum absolute atomic E-state index is 0.538. The van der Waals surface area contributed by atoms with Gasteiger partial charge in [0, 0.05) is 22.4 Å². The van der Waals surface area contributed by atoms with E-state index in [9.17, 15) is 0 Å². The molecule has 5 aromatic heterocycles. The summed E-state index contributed by atoms with van der Waals surface area (Å²) in [6.45, 7) is 0. The normalized spacial score (nSPS) is 12.1. The Labute approximate surface area is 220 Å². The highest BCUT2D eigenvalue weighted by Crippen LogP contribution is 2.43. The number of hydrogen-bond acceptors (Lipinski definition) is 5. The Morgan fingerprint density at radius 3 is 1.90 bits per heavy atom. The monoisotopic (exact) mass is 502 g/mol. The van der Waals surface area contributed by atoms with Crippen LogP contribution in [0.1, 0.15) is 0 Å². The van der Waals surface area contributed by atoms with Gasteiger partial charge >= 0.3 is 0 Å². The zero-order valence-electron chi connectivity index (χ0n) is 20.5. The maximum Gasteiger partial charge on any atom is 0.236 e. The van der Waals surface area contributed by atoms with Crippen molar-refractivity contribution in [2.24, 2.45) is 0 Å². The average Bonchev–Trinajstić information content (AvgIpc) is 3.65. The quantitative estimate of drug-likeness (QED) is 0.222. The standard InChI is InChI=1S/C33H18N4O2/c1-2-10-20-19(9-1)16-17-23-27(20)28(24-13-7-8-18-34-24)36-33(35-23)37-29-21-11-3-5-14-25(21)38-31(29)32-30(37)22-12-4-6-15-26(22)39-32/h1-18H. The zero-order chi connectivity index (χ0) is 25.5. The Kier molecular flexibility index (Phi) is 3.96. The third-order valence-corrected chi connectivity index (χ3v) is 7.48. The van der Waals surface area contributed by atoms with Crippen molar-refractivity contribution < 1.29 is 8.83 Å². The summed E-state index contributed by atoms with van der Waals surface area (Å²) in [5, 5.41) is 5.15. The van der Waals surface area contributed by atoms with Gasteiger partial charge in [0.1, 0.15) is 27.9 Å². The topological polar surface area (TPSA) is 69.9 Å². The van der Waals surface area contributed by atoms with E-state index in [4.69, 9.17) is 23.8 Å². The second-order valence-corrected chi connectivity index (χ2v) is 9.66. The van der Waals surface area contributed by atoms with Crippen molar-refractivity contribution in [1.82, 2.24) is 19.5 Å². The van der Waals surface area contributed by atoms with Crippen molar-refractivity contribution in [3.8, 4) is 17.3 Å². The van der Waals surface area contributed by atoms with E-state index in [1.807, 2.05) is 66.7 Å². The van der Waals surface area contributed by atoms with Crippen LogP contribution in [0.25, 0.3) is 83.1 Å². The number of fused-ring (bicyclic) bond motifs is 10. The summed E-state index contributed by atoms with van der Waals surface area (Å²) in [5.41, 5.74) is 7.13. The predicted molar refractivity (Wildman–Crippen MR) is 154 cm³/mol. The van der Waals surface area contributed by atoms with Crippen LogP contribution in [0.15, 0.2) is 118 Å². The number of benzene rings is 4. The number of aromatic nitrogens is 4. The van der Waals surface area contributed by atoms with E-state index < -0.39 is 0 Å². The minimum atomic E-state index is 0.538. The molecule has 9 rings (SSSR count). The van der Waals surface area contributed by atoms with Crippen LogP contribution in [0.3, 0.4) is 0 Å². The Morgan fingerprint density at radius 2 is 1.21 bits per heavy atom. The van der Waals surface area contributed by atoms with Crippen molar-refractivity contribution in [1.29, 1.82) is 0 Å². The Morgan fingerprint density at radius 1 is 0.564 bits per heavy atom. The highest BCUT2D eigenvalue weighted by atomic mass is 16.4. The molecule has 6 heteroatoms. The number of nitrogens with zero attached hydrogens (tertiary/aromatic N) is 4. The maximum absolute atomic E-state index is 6.37. The van der Waals surface area contributed by atoms with Crippen LogP contribution in [-0.2, 0) is 0 Å². The van der Waals surface area contributed by atoms with E-state index in [1.165, 1.54) is 0 Å². The van der Waals surface area contributed by atoms with E-state index in [1.54, 1.807) is 6.20 Å². The smallest absolute Gasteiger partial charge is 0.236 e. The molecule has 5 heterocycles. The molecule has 0 N–H and O–H groups in total. The third-order valence-electron chi connectivity index (χ3n) is 7.48. The summed E-state index contributed by atoms with van der Waals surface area (Å²) in [6, 6.07) is 34.4.